The number of ether oxygens (including phenoxy) is 1. The molecule has 1 heterocycles. The van der Waals surface area contributed by atoms with Crippen LogP contribution in [0.2, 0.25) is 0 Å². The zero-order valence-corrected chi connectivity index (χ0v) is 15.6. The Hall–Kier alpha value is -3.08. The first-order chi connectivity index (χ1) is 12.5. The molecule has 2 N–H and O–H groups in total. The van der Waals surface area contributed by atoms with Crippen LogP contribution in [0, 0.1) is 20.8 Å². The monoisotopic (exact) mass is 348 g/mol. The molecule has 5 heteroatoms. The van der Waals surface area contributed by atoms with E-state index in [4.69, 9.17) is 4.74 Å². The minimum absolute atomic E-state index is 0.587. The molecule has 0 saturated heterocycles. The van der Waals surface area contributed by atoms with Crippen LogP contribution in [0.25, 0.3) is 0 Å². The van der Waals surface area contributed by atoms with Crippen LogP contribution >= 0.6 is 0 Å². The quantitative estimate of drug-likeness (QED) is 0.672. The maximum absolute atomic E-state index is 5.39. The van der Waals surface area contributed by atoms with Gasteiger partial charge in [-0.15, -0.1) is 0 Å². The smallest absolute Gasteiger partial charge is 0.225 e. The van der Waals surface area contributed by atoms with Gasteiger partial charge in [0.25, 0.3) is 0 Å². The van der Waals surface area contributed by atoms with E-state index < -0.39 is 0 Å². The summed E-state index contributed by atoms with van der Waals surface area (Å²) in [6.45, 7) is 6.72. The van der Waals surface area contributed by atoms with Gasteiger partial charge in [-0.2, -0.15) is 4.98 Å². The van der Waals surface area contributed by atoms with Gasteiger partial charge in [0, 0.05) is 29.6 Å². The lowest BCUT2D eigenvalue weighted by Gasteiger charge is -2.13. The number of benzene rings is 2. The topological polar surface area (TPSA) is 59.1 Å². The molecule has 134 valence electrons. The molecule has 0 amide bonds. The first-order valence-corrected chi connectivity index (χ1v) is 8.61. The zero-order chi connectivity index (χ0) is 18.5. The van der Waals surface area contributed by atoms with E-state index in [9.17, 15) is 0 Å². The minimum atomic E-state index is 0.587. The second-order valence-electron chi connectivity index (χ2n) is 6.33. The SMILES string of the molecule is COc1ccccc1CNc1nc(C)cc(Nc2cc(C)ccc2C)n1. The summed E-state index contributed by atoms with van der Waals surface area (Å²) in [5, 5.41) is 6.69. The molecule has 0 fully saturated rings. The Morgan fingerprint density at radius 1 is 0.962 bits per heavy atom. The molecule has 5 nitrogen and oxygen atoms in total. The van der Waals surface area contributed by atoms with Gasteiger partial charge in [0.1, 0.15) is 11.6 Å². The minimum Gasteiger partial charge on any atom is -0.496 e. The Balaban J connectivity index is 1.78. The van der Waals surface area contributed by atoms with E-state index in [2.05, 4.69) is 52.6 Å². The first-order valence-electron chi connectivity index (χ1n) is 8.61. The highest BCUT2D eigenvalue weighted by atomic mass is 16.5. The lowest BCUT2D eigenvalue weighted by molar-refractivity contribution is 0.410. The zero-order valence-electron chi connectivity index (χ0n) is 15.6. The van der Waals surface area contributed by atoms with Gasteiger partial charge in [0.2, 0.25) is 5.95 Å². The van der Waals surface area contributed by atoms with Crippen LogP contribution < -0.4 is 15.4 Å². The molecule has 0 saturated carbocycles. The third-order valence-electron chi connectivity index (χ3n) is 4.14. The van der Waals surface area contributed by atoms with Gasteiger partial charge in [0.05, 0.1) is 7.11 Å². The molecule has 0 spiro atoms. The highest BCUT2D eigenvalue weighted by Crippen LogP contribution is 2.22. The Labute approximate surface area is 154 Å². The lowest BCUT2D eigenvalue weighted by atomic mass is 10.1. The Morgan fingerprint density at radius 2 is 1.77 bits per heavy atom. The molecule has 0 bridgehead atoms. The maximum atomic E-state index is 5.39. The lowest BCUT2D eigenvalue weighted by Crippen LogP contribution is -2.07. The van der Waals surface area contributed by atoms with E-state index in [1.165, 1.54) is 11.1 Å². The van der Waals surface area contributed by atoms with E-state index in [1.54, 1.807) is 7.11 Å². The third kappa shape index (κ3) is 4.30. The first kappa shape index (κ1) is 17.7. The van der Waals surface area contributed by atoms with Gasteiger partial charge in [-0.1, -0.05) is 30.3 Å². The summed E-state index contributed by atoms with van der Waals surface area (Å²) >= 11 is 0. The summed E-state index contributed by atoms with van der Waals surface area (Å²) in [5.41, 5.74) is 5.40. The Morgan fingerprint density at radius 3 is 2.58 bits per heavy atom. The Kier molecular flexibility index (Phi) is 5.37. The van der Waals surface area contributed by atoms with Gasteiger partial charge in [-0.05, 0) is 44.0 Å². The molecule has 0 aliphatic rings. The standard InChI is InChI=1S/C21H24N4O/c1-14-9-10-15(2)18(11-14)24-20-12-16(3)23-21(25-20)22-13-17-7-5-6-8-19(17)26-4/h5-12H,13H2,1-4H3,(H2,22,23,24,25). The van der Waals surface area contributed by atoms with Crippen LogP contribution in [-0.2, 0) is 6.54 Å². The summed E-state index contributed by atoms with van der Waals surface area (Å²) in [6, 6.07) is 16.2. The van der Waals surface area contributed by atoms with Crippen molar-refractivity contribution in [3.8, 4) is 5.75 Å². The van der Waals surface area contributed by atoms with Crippen LogP contribution in [0.15, 0.2) is 48.5 Å². The molecule has 0 radical (unpaired) electrons. The number of aryl methyl sites for hydroxylation is 3. The van der Waals surface area contributed by atoms with E-state index in [1.807, 2.05) is 37.3 Å². The predicted molar refractivity (Wildman–Crippen MR) is 106 cm³/mol. The fourth-order valence-corrected chi connectivity index (χ4v) is 2.74. The van der Waals surface area contributed by atoms with Crippen molar-refractivity contribution < 1.29 is 4.74 Å². The molecule has 0 aliphatic carbocycles. The number of methoxy groups -OCH3 is 1. The number of anilines is 3. The summed E-state index contributed by atoms with van der Waals surface area (Å²) in [7, 11) is 1.67. The molecule has 3 rings (SSSR count). The van der Waals surface area contributed by atoms with Crippen molar-refractivity contribution in [1.82, 2.24) is 9.97 Å². The number of hydrogen-bond donors (Lipinski definition) is 2. The number of aromatic nitrogens is 2. The number of hydrogen-bond acceptors (Lipinski definition) is 5. The molecule has 2 aromatic carbocycles. The van der Waals surface area contributed by atoms with Crippen molar-refractivity contribution >= 4 is 17.5 Å². The van der Waals surface area contributed by atoms with Crippen LogP contribution in [0.3, 0.4) is 0 Å². The average Bonchev–Trinajstić information content (AvgIpc) is 2.63. The second kappa shape index (κ2) is 7.87. The van der Waals surface area contributed by atoms with E-state index in [-0.39, 0.29) is 0 Å². The number of nitrogens with one attached hydrogen (secondary N) is 2. The number of para-hydroxylation sites is 1. The molecular weight excluding hydrogens is 324 g/mol. The van der Waals surface area contributed by atoms with Crippen molar-refractivity contribution in [3.05, 3.63) is 70.9 Å². The van der Waals surface area contributed by atoms with E-state index in [0.29, 0.717) is 12.5 Å². The summed E-state index contributed by atoms with van der Waals surface area (Å²) < 4.78 is 5.39. The van der Waals surface area contributed by atoms with Gasteiger partial charge >= 0.3 is 0 Å². The predicted octanol–water partition coefficient (Wildman–Crippen LogP) is 4.77. The van der Waals surface area contributed by atoms with Gasteiger partial charge < -0.3 is 15.4 Å². The van der Waals surface area contributed by atoms with Crippen LogP contribution in [0.1, 0.15) is 22.4 Å². The maximum Gasteiger partial charge on any atom is 0.225 e. The van der Waals surface area contributed by atoms with E-state index in [0.717, 1.165) is 28.5 Å². The van der Waals surface area contributed by atoms with Crippen molar-refractivity contribution in [2.45, 2.75) is 27.3 Å². The largest absolute Gasteiger partial charge is 0.496 e. The molecule has 0 unspecified atom stereocenters. The van der Waals surface area contributed by atoms with Crippen molar-refractivity contribution in [2.24, 2.45) is 0 Å². The van der Waals surface area contributed by atoms with Crippen LogP contribution in [0.5, 0.6) is 5.75 Å². The number of nitrogens with zero attached hydrogens (tertiary/aromatic N) is 2. The second-order valence-corrected chi connectivity index (χ2v) is 6.33. The normalized spacial score (nSPS) is 10.5. The summed E-state index contributed by atoms with van der Waals surface area (Å²) in [6.07, 6.45) is 0. The molecule has 0 atom stereocenters. The highest BCUT2D eigenvalue weighted by Gasteiger charge is 2.07. The van der Waals surface area contributed by atoms with Crippen LogP contribution in [-0.4, -0.2) is 17.1 Å². The molecule has 3 aromatic rings. The van der Waals surface area contributed by atoms with E-state index >= 15 is 0 Å². The van der Waals surface area contributed by atoms with Gasteiger partial charge in [-0.3, -0.25) is 0 Å². The summed E-state index contributed by atoms with van der Waals surface area (Å²) in [4.78, 5) is 9.08. The molecule has 0 aliphatic heterocycles. The fraction of sp³-hybridized carbons (Fsp3) is 0.238. The molecular formula is C21H24N4O. The van der Waals surface area contributed by atoms with Gasteiger partial charge in [-0.25, -0.2) is 4.98 Å². The van der Waals surface area contributed by atoms with Gasteiger partial charge in [0.15, 0.2) is 0 Å². The van der Waals surface area contributed by atoms with Crippen LogP contribution in [0.4, 0.5) is 17.5 Å². The van der Waals surface area contributed by atoms with Crippen molar-refractivity contribution in [1.29, 1.82) is 0 Å². The average molecular weight is 348 g/mol. The molecule has 1 aromatic heterocycles. The van der Waals surface area contributed by atoms with Crippen molar-refractivity contribution in [3.63, 3.8) is 0 Å². The molecule has 26 heavy (non-hydrogen) atoms. The third-order valence-corrected chi connectivity index (χ3v) is 4.14. The number of rotatable bonds is 6. The van der Waals surface area contributed by atoms with Crippen molar-refractivity contribution in [2.75, 3.05) is 17.7 Å². The Bertz CT molecular complexity index is 908. The highest BCUT2D eigenvalue weighted by molar-refractivity contribution is 5.62. The summed E-state index contributed by atoms with van der Waals surface area (Å²) in [5.74, 6) is 2.21. The fourth-order valence-electron chi connectivity index (χ4n) is 2.74.